The first kappa shape index (κ1) is 31.3. The van der Waals surface area contributed by atoms with Crippen LogP contribution in [-0.4, -0.2) is 86.1 Å². The monoisotopic (exact) mass is 661 g/mol. The van der Waals surface area contributed by atoms with E-state index in [1.807, 2.05) is 30.5 Å². The number of para-hydroxylation sites is 3. The van der Waals surface area contributed by atoms with Crippen molar-refractivity contribution in [2.45, 2.75) is 75.5 Å². The normalized spacial score (nSPS) is 23.7. The summed E-state index contributed by atoms with van der Waals surface area (Å²) in [5.74, 6) is 0.143. The van der Waals surface area contributed by atoms with Crippen LogP contribution >= 0.6 is 0 Å². The Morgan fingerprint density at radius 1 is 0.755 bits per heavy atom. The molecule has 4 aliphatic rings. The van der Waals surface area contributed by atoms with Gasteiger partial charge in [0.15, 0.2) is 5.82 Å². The van der Waals surface area contributed by atoms with E-state index in [4.69, 9.17) is 10.8 Å². The topological polar surface area (TPSA) is 146 Å². The minimum Gasteiger partial charge on any atom is -0.507 e. The van der Waals surface area contributed by atoms with Gasteiger partial charge in [-0.3, -0.25) is 19.6 Å². The maximum Gasteiger partial charge on any atom is 0.249 e. The maximum absolute atomic E-state index is 12.7. The number of carbonyl (C=O) groups is 2. The Hall–Kier alpha value is -4.97. The molecule has 0 spiro atoms. The van der Waals surface area contributed by atoms with E-state index in [9.17, 15) is 14.7 Å². The number of phenolic OH excluding ortho intramolecular Hbond substituents is 1. The number of imide groups is 1. The van der Waals surface area contributed by atoms with Crippen LogP contribution in [0.15, 0.2) is 67.0 Å². The second-order valence-electron chi connectivity index (χ2n) is 13.8. The number of anilines is 3. The number of nitrogen functional groups attached to an aromatic ring is 1. The van der Waals surface area contributed by atoms with Gasteiger partial charge in [0, 0.05) is 67.6 Å². The molecule has 2 saturated heterocycles. The lowest BCUT2D eigenvalue weighted by Crippen LogP contribution is -2.57. The van der Waals surface area contributed by atoms with Gasteiger partial charge in [-0.2, -0.15) is 5.10 Å². The van der Waals surface area contributed by atoms with Crippen LogP contribution in [0, 0.1) is 0 Å². The molecule has 0 unspecified atom stereocenters. The SMILES string of the molecule is Nc1nnc(-c2ccccc2O)cc1-c1cnn(C2CCN(C3CCC(N4CCN([C@H]5CCC(=O)NC5=O)c5ccccc54)CC3)CC2)c1. The molecule has 2 aromatic carbocycles. The lowest BCUT2D eigenvalue weighted by atomic mass is 9.87. The Balaban J connectivity index is 0.872. The van der Waals surface area contributed by atoms with E-state index in [-0.39, 0.29) is 23.6 Å². The van der Waals surface area contributed by atoms with Crippen LogP contribution in [0.2, 0.25) is 0 Å². The Labute approximate surface area is 285 Å². The molecule has 2 amide bonds. The van der Waals surface area contributed by atoms with Gasteiger partial charge in [-0.25, -0.2) is 0 Å². The molecule has 1 atom stereocenters. The summed E-state index contributed by atoms with van der Waals surface area (Å²) in [6, 6.07) is 18.5. The number of hydrogen-bond donors (Lipinski definition) is 3. The highest BCUT2D eigenvalue weighted by Crippen LogP contribution is 2.40. The van der Waals surface area contributed by atoms with Crippen molar-refractivity contribution in [1.82, 2.24) is 30.2 Å². The summed E-state index contributed by atoms with van der Waals surface area (Å²) in [5.41, 5.74) is 11.4. The van der Waals surface area contributed by atoms with Crippen LogP contribution in [0.25, 0.3) is 22.4 Å². The Morgan fingerprint density at radius 3 is 2.20 bits per heavy atom. The Bertz CT molecular complexity index is 1840. The Kier molecular flexibility index (Phi) is 8.40. The van der Waals surface area contributed by atoms with Crippen LogP contribution in [0.3, 0.4) is 0 Å². The summed E-state index contributed by atoms with van der Waals surface area (Å²) in [5, 5.41) is 26.0. The minimum absolute atomic E-state index is 0.152. The van der Waals surface area contributed by atoms with Crippen molar-refractivity contribution < 1.29 is 14.7 Å². The summed E-state index contributed by atoms with van der Waals surface area (Å²) in [6.45, 7) is 3.78. The zero-order valence-electron chi connectivity index (χ0n) is 27.6. The molecular weight excluding hydrogens is 618 g/mol. The molecule has 254 valence electrons. The van der Waals surface area contributed by atoms with Crippen LogP contribution in [0.5, 0.6) is 5.75 Å². The number of amides is 2. The molecular formula is C37H43N9O3. The number of aromatic nitrogens is 4. The number of aromatic hydroxyl groups is 1. The van der Waals surface area contributed by atoms with E-state index in [2.05, 4.69) is 59.3 Å². The Morgan fingerprint density at radius 2 is 1.45 bits per heavy atom. The third-order valence-corrected chi connectivity index (χ3v) is 11.1. The molecule has 0 bridgehead atoms. The van der Waals surface area contributed by atoms with Gasteiger partial charge in [0.2, 0.25) is 11.8 Å². The van der Waals surface area contributed by atoms with E-state index in [0.29, 0.717) is 48.0 Å². The maximum atomic E-state index is 12.7. The molecule has 8 rings (SSSR count). The van der Waals surface area contributed by atoms with Crippen molar-refractivity contribution in [3.05, 3.63) is 67.0 Å². The molecule has 5 heterocycles. The van der Waals surface area contributed by atoms with Gasteiger partial charge in [-0.1, -0.05) is 24.3 Å². The average molecular weight is 662 g/mol. The van der Waals surface area contributed by atoms with Gasteiger partial charge in [0.05, 0.1) is 29.3 Å². The van der Waals surface area contributed by atoms with Gasteiger partial charge < -0.3 is 25.5 Å². The zero-order valence-corrected chi connectivity index (χ0v) is 27.6. The summed E-state index contributed by atoms with van der Waals surface area (Å²) in [7, 11) is 0. The minimum atomic E-state index is -0.290. The van der Waals surface area contributed by atoms with Crippen LogP contribution in [0.1, 0.15) is 57.4 Å². The van der Waals surface area contributed by atoms with E-state index in [0.717, 1.165) is 68.7 Å². The molecule has 3 fully saturated rings. The zero-order chi connectivity index (χ0) is 33.5. The van der Waals surface area contributed by atoms with Gasteiger partial charge in [0.25, 0.3) is 0 Å². The quantitative estimate of drug-likeness (QED) is 0.255. The highest BCUT2D eigenvalue weighted by molar-refractivity contribution is 6.02. The molecule has 4 N–H and O–H groups in total. The fraction of sp³-hybridized carbons (Fsp3) is 0.432. The third-order valence-electron chi connectivity index (χ3n) is 11.1. The number of nitrogens with one attached hydrogen (secondary N) is 1. The summed E-state index contributed by atoms with van der Waals surface area (Å²) in [4.78, 5) is 31.9. The van der Waals surface area contributed by atoms with Crippen LogP contribution < -0.4 is 20.9 Å². The number of hydrogen-bond acceptors (Lipinski definition) is 10. The number of nitrogens with zero attached hydrogens (tertiary/aromatic N) is 7. The number of nitrogens with two attached hydrogens (primary N) is 1. The first-order valence-electron chi connectivity index (χ1n) is 17.6. The lowest BCUT2D eigenvalue weighted by molar-refractivity contribution is -0.134. The van der Waals surface area contributed by atoms with Crippen molar-refractivity contribution >= 4 is 29.0 Å². The molecule has 1 aliphatic carbocycles. The molecule has 2 aromatic heterocycles. The fourth-order valence-corrected chi connectivity index (χ4v) is 8.47. The molecule has 12 heteroatoms. The summed E-state index contributed by atoms with van der Waals surface area (Å²) in [6.07, 6.45) is 11.6. The van der Waals surface area contributed by atoms with Crippen LogP contribution in [-0.2, 0) is 9.59 Å². The fourth-order valence-electron chi connectivity index (χ4n) is 8.47. The first-order valence-corrected chi connectivity index (χ1v) is 17.6. The van der Waals surface area contributed by atoms with Crippen molar-refractivity contribution in [3.63, 3.8) is 0 Å². The lowest BCUT2D eigenvalue weighted by Gasteiger charge is -2.48. The summed E-state index contributed by atoms with van der Waals surface area (Å²) < 4.78 is 2.08. The van der Waals surface area contributed by atoms with Gasteiger partial charge >= 0.3 is 0 Å². The molecule has 1 saturated carbocycles. The van der Waals surface area contributed by atoms with Crippen LogP contribution in [0.4, 0.5) is 17.2 Å². The number of fused-ring (bicyclic) bond motifs is 1. The van der Waals surface area contributed by atoms with Crippen molar-refractivity contribution in [2.75, 3.05) is 41.7 Å². The number of carbonyl (C=O) groups excluding carboxylic acids is 2. The second-order valence-corrected chi connectivity index (χ2v) is 13.8. The predicted octanol–water partition coefficient (Wildman–Crippen LogP) is 4.37. The molecule has 4 aromatic rings. The standard InChI is InChI=1S/C37H43N9O3/c38-36-29(21-30(41-42-36)28-5-1-4-8-34(28)47)24-22-39-46(23-24)27-15-17-43(18-16-27)25-9-11-26(12-10-25)44-19-20-45(32-7-3-2-6-31(32)44)33-13-14-35(48)40-37(33)49/h1-8,21-23,25-27,33,47H,9-20H2,(H2,38,42)(H,40,48,49)/t25?,26?,33-/m0/s1. The van der Waals surface area contributed by atoms with Crippen molar-refractivity contribution in [3.8, 4) is 28.1 Å². The molecule has 3 aliphatic heterocycles. The number of benzene rings is 2. The molecule has 49 heavy (non-hydrogen) atoms. The van der Waals surface area contributed by atoms with E-state index >= 15 is 0 Å². The largest absolute Gasteiger partial charge is 0.507 e. The number of piperidine rings is 2. The molecule has 12 nitrogen and oxygen atoms in total. The smallest absolute Gasteiger partial charge is 0.249 e. The highest BCUT2D eigenvalue weighted by atomic mass is 16.3. The van der Waals surface area contributed by atoms with Gasteiger partial charge in [0.1, 0.15) is 11.8 Å². The van der Waals surface area contributed by atoms with Crippen molar-refractivity contribution in [2.24, 2.45) is 0 Å². The third kappa shape index (κ3) is 6.09. The molecule has 0 radical (unpaired) electrons. The predicted molar refractivity (Wildman–Crippen MR) is 188 cm³/mol. The number of phenols is 1. The van der Waals surface area contributed by atoms with Crippen molar-refractivity contribution in [1.29, 1.82) is 0 Å². The second kappa shape index (κ2) is 13.1. The summed E-state index contributed by atoms with van der Waals surface area (Å²) >= 11 is 0. The average Bonchev–Trinajstić information content (AvgIpc) is 3.62. The van der Waals surface area contributed by atoms with Gasteiger partial charge in [-0.15, -0.1) is 10.2 Å². The first-order chi connectivity index (χ1) is 23.9. The highest BCUT2D eigenvalue weighted by Gasteiger charge is 2.38. The van der Waals surface area contributed by atoms with E-state index in [1.165, 1.54) is 18.5 Å². The van der Waals surface area contributed by atoms with Gasteiger partial charge in [-0.05, 0) is 75.3 Å². The van der Waals surface area contributed by atoms with E-state index < -0.39 is 0 Å². The van der Waals surface area contributed by atoms with E-state index in [1.54, 1.807) is 12.1 Å². The number of rotatable bonds is 6. The number of likely N-dealkylation sites (tertiary alicyclic amines) is 1.